The van der Waals surface area contributed by atoms with E-state index >= 15 is 0 Å². The zero-order valence-electron chi connectivity index (χ0n) is 12.6. The first-order valence-corrected chi connectivity index (χ1v) is 7.05. The number of hydrogen-bond acceptors (Lipinski definition) is 3. The minimum atomic E-state index is -0.613. The maximum Gasteiger partial charge on any atom is 0.234 e. The molecule has 3 rings (SSSR count). The van der Waals surface area contributed by atoms with E-state index in [2.05, 4.69) is 28.3 Å². The summed E-state index contributed by atoms with van der Waals surface area (Å²) >= 11 is 0. The number of benzene rings is 1. The lowest BCUT2D eigenvalue weighted by molar-refractivity contribution is -0.119. The van der Waals surface area contributed by atoms with Crippen molar-refractivity contribution in [1.82, 2.24) is 0 Å². The van der Waals surface area contributed by atoms with Gasteiger partial charge in [-0.2, -0.15) is 0 Å². The van der Waals surface area contributed by atoms with Crippen LogP contribution in [0.1, 0.15) is 43.4 Å². The average molecular weight is 286 g/mol. The van der Waals surface area contributed by atoms with E-state index < -0.39 is 5.41 Å². The molecule has 2 unspecified atom stereocenters. The standard InChI is InChI=1S/C15H18N4O2/c1-7-5-9-8(2)10(6-17-19-16)21-13(9)11-12(7)18-14(20)15(11,3)4/h5,8,10H,6H2,1-4H3,(H,18,20). The van der Waals surface area contributed by atoms with Gasteiger partial charge in [0.15, 0.2) is 0 Å². The van der Waals surface area contributed by atoms with Crippen LogP contribution in [0.15, 0.2) is 11.2 Å². The maximum absolute atomic E-state index is 12.2. The number of rotatable bonds is 2. The Bertz CT molecular complexity index is 689. The number of azide groups is 1. The van der Waals surface area contributed by atoms with E-state index in [4.69, 9.17) is 10.3 Å². The molecule has 0 spiro atoms. The summed E-state index contributed by atoms with van der Waals surface area (Å²) in [6, 6.07) is 2.07. The lowest BCUT2D eigenvalue weighted by Crippen LogP contribution is -2.27. The Morgan fingerprint density at radius 3 is 2.90 bits per heavy atom. The highest BCUT2D eigenvalue weighted by molar-refractivity contribution is 6.07. The van der Waals surface area contributed by atoms with Gasteiger partial charge in [0.2, 0.25) is 5.91 Å². The molecule has 2 atom stereocenters. The summed E-state index contributed by atoms with van der Waals surface area (Å²) in [4.78, 5) is 15.0. The summed E-state index contributed by atoms with van der Waals surface area (Å²) in [5.74, 6) is 0.911. The summed E-state index contributed by atoms with van der Waals surface area (Å²) in [5.41, 5.74) is 11.8. The molecule has 21 heavy (non-hydrogen) atoms. The van der Waals surface area contributed by atoms with Crippen LogP contribution in [0.4, 0.5) is 5.69 Å². The molecule has 0 aromatic heterocycles. The highest BCUT2D eigenvalue weighted by Gasteiger charge is 2.46. The lowest BCUT2D eigenvalue weighted by atomic mass is 9.82. The van der Waals surface area contributed by atoms with E-state index in [1.165, 1.54) is 0 Å². The van der Waals surface area contributed by atoms with Crippen molar-refractivity contribution in [2.75, 3.05) is 11.9 Å². The second-order valence-electron chi connectivity index (χ2n) is 6.30. The SMILES string of the molecule is Cc1cc2c(c3c1NC(=O)C3(C)C)OC(CN=[N+]=[N-])C2C. The molecule has 2 aliphatic rings. The molecular weight excluding hydrogens is 268 g/mol. The van der Waals surface area contributed by atoms with Crippen LogP contribution in [0.5, 0.6) is 5.75 Å². The molecule has 6 heteroatoms. The molecule has 0 aliphatic carbocycles. The molecular formula is C15H18N4O2. The number of carbonyl (C=O) groups excluding carboxylic acids is 1. The number of anilines is 1. The van der Waals surface area contributed by atoms with Crippen LogP contribution >= 0.6 is 0 Å². The minimum Gasteiger partial charge on any atom is -0.489 e. The molecule has 1 aromatic rings. The van der Waals surface area contributed by atoms with E-state index in [0.717, 1.165) is 28.1 Å². The monoisotopic (exact) mass is 286 g/mol. The zero-order valence-corrected chi connectivity index (χ0v) is 12.6. The van der Waals surface area contributed by atoms with Gasteiger partial charge in [-0.3, -0.25) is 4.79 Å². The molecule has 1 amide bonds. The average Bonchev–Trinajstić information content (AvgIpc) is 2.85. The summed E-state index contributed by atoms with van der Waals surface area (Å²) in [6.07, 6.45) is -0.173. The van der Waals surface area contributed by atoms with Crippen LogP contribution in [-0.2, 0) is 10.2 Å². The molecule has 0 saturated heterocycles. The van der Waals surface area contributed by atoms with Crippen LogP contribution in [0.25, 0.3) is 10.4 Å². The Kier molecular flexibility index (Phi) is 2.88. The Balaban J connectivity index is 2.14. The van der Waals surface area contributed by atoms with Gasteiger partial charge in [0, 0.05) is 22.0 Å². The number of aryl methyl sites for hydroxylation is 1. The highest BCUT2D eigenvalue weighted by atomic mass is 16.5. The largest absolute Gasteiger partial charge is 0.489 e. The van der Waals surface area contributed by atoms with Crippen LogP contribution in [-0.4, -0.2) is 18.6 Å². The number of amides is 1. The molecule has 0 fully saturated rings. The van der Waals surface area contributed by atoms with Crippen molar-refractivity contribution >= 4 is 11.6 Å². The van der Waals surface area contributed by atoms with Gasteiger partial charge >= 0.3 is 0 Å². The summed E-state index contributed by atoms with van der Waals surface area (Å²) < 4.78 is 6.05. The summed E-state index contributed by atoms with van der Waals surface area (Å²) in [7, 11) is 0. The molecule has 0 radical (unpaired) electrons. The number of nitrogens with one attached hydrogen (secondary N) is 1. The van der Waals surface area contributed by atoms with E-state index in [1.54, 1.807) is 0 Å². The van der Waals surface area contributed by atoms with Crippen molar-refractivity contribution in [2.45, 2.75) is 45.1 Å². The number of fused-ring (bicyclic) bond motifs is 3. The Morgan fingerprint density at radius 1 is 1.52 bits per heavy atom. The number of carbonyl (C=O) groups is 1. The fourth-order valence-electron chi connectivity index (χ4n) is 3.20. The van der Waals surface area contributed by atoms with Crippen LogP contribution in [0.3, 0.4) is 0 Å². The van der Waals surface area contributed by atoms with Crippen molar-refractivity contribution in [3.63, 3.8) is 0 Å². The van der Waals surface area contributed by atoms with Gasteiger partial charge in [-0.25, -0.2) is 0 Å². The first kappa shape index (κ1) is 13.8. The van der Waals surface area contributed by atoms with Crippen LogP contribution in [0.2, 0.25) is 0 Å². The molecule has 2 aliphatic heterocycles. The second-order valence-corrected chi connectivity index (χ2v) is 6.30. The van der Waals surface area contributed by atoms with E-state index in [-0.39, 0.29) is 17.9 Å². The fraction of sp³-hybridized carbons (Fsp3) is 0.533. The van der Waals surface area contributed by atoms with Crippen LogP contribution in [0, 0.1) is 6.92 Å². The van der Waals surface area contributed by atoms with E-state index in [1.807, 2.05) is 20.8 Å². The number of ether oxygens (including phenoxy) is 1. The Hall–Kier alpha value is -2.20. The fourth-order valence-corrected chi connectivity index (χ4v) is 3.20. The summed E-state index contributed by atoms with van der Waals surface area (Å²) in [5, 5.41) is 6.59. The Labute approximate surface area is 123 Å². The molecule has 110 valence electrons. The minimum absolute atomic E-state index is 0.0104. The van der Waals surface area contributed by atoms with E-state index in [9.17, 15) is 4.79 Å². The normalized spacial score (nSPS) is 24.7. The van der Waals surface area contributed by atoms with Crippen molar-refractivity contribution < 1.29 is 9.53 Å². The van der Waals surface area contributed by atoms with Crippen molar-refractivity contribution in [3.05, 3.63) is 33.2 Å². The van der Waals surface area contributed by atoms with Gasteiger partial charge in [0.05, 0.1) is 17.6 Å². The van der Waals surface area contributed by atoms with E-state index in [0.29, 0.717) is 6.54 Å². The molecule has 1 N–H and O–H groups in total. The third-order valence-electron chi connectivity index (χ3n) is 4.58. The van der Waals surface area contributed by atoms with Crippen molar-refractivity contribution in [1.29, 1.82) is 0 Å². The van der Waals surface area contributed by atoms with Gasteiger partial charge in [-0.1, -0.05) is 12.0 Å². The third-order valence-corrected chi connectivity index (χ3v) is 4.58. The number of nitrogens with zero attached hydrogens (tertiary/aromatic N) is 3. The second kappa shape index (κ2) is 4.40. The predicted molar refractivity (Wildman–Crippen MR) is 79.7 cm³/mol. The number of hydrogen-bond donors (Lipinski definition) is 1. The summed E-state index contributed by atoms with van der Waals surface area (Å²) in [6.45, 7) is 8.16. The third kappa shape index (κ3) is 1.79. The van der Waals surface area contributed by atoms with Gasteiger partial charge in [-0.05, 0) is 37.9 Å². The van der Waals surface area contributed by atoms with Gasteiger partial charge in [0.25, 0.3) is 0 Å². The predicted octanol–water partition coefficient (Wildman–Crippen LogP) is 3.40. The molecule has 0 bridgehead atoms. The quantitative estimate of drug-likeness (QED) is 0.513. The highest BCUT2D eigenvalue weighted by Crippen LogP contribution is 2.52. The zero-order chi connectivity index (χ0) is 15.4. The Morgan fingerprint density at radius 2 is 2.24 bits per heavy atom. The first-order chi connectivity index (χ1) is 9.87. The van der Waals surface area contributed by atoms with Gasteiger partial charge in [0.1, 0.15) is 11.9 Å². The molecule has 1 aromatic carbocycles. The van der Waals surface area contributed by atoms with Gasteiger partial charge < -0.3 is 10.1 Å². The maximum atomic E-state index is 12.2. The van der Waals surface area contributed by atoms with Crippen molar-refractivity contribution in [3.8, 4) is 5.75 Å². The van der Waals surface area contributed by atoms with Crippen LogP contribution < -0.4 is 10.1 Å². The molecule has 2 heterocycles. The van der Waals surface area contributed by atoms with Crippen molar-refractivity contribution in [2.24, 2.45) is 5.11 Å². The molecule has 6 nitrogen and oxygen atoms in total. The van der Waals surface area contributed by atoms with Gasteiger partial charge in [-0.15, -0.1) is 0 Å². The molecule has 0 saturated carbocycles. The topological polar surface area (TPSA) is 87.1 Å². The smallest absolute Gasteiger partial charge is 0.234 e. The lowest BCUT2D eigenvalue weighted by Gasteiger charge is -2.19. The first-order valence-electron chi connectivity index (χ1n) is 7.05.